The summed E-state index contributed by atoms with van der Waals surface area (Å²) in [5.41, 5.74) is -0.416. The predicted molar refractivity (Wildman–Crippen MR) is 255 cm³/mol. The molecule has 0 radical (unpaired) electrons. The molecule has 3 aromatic carbocycles. The molecule has 6 rings (SSSR count). The molecule has 2 aliphatic rings. The van der Waals surface area contributed by atoms with Crippen LogP contribution in [0.5, 0.6) is 11.5 Å². The summed E-state index contributed by atoms with van der Waals surface area (Å²) in [6.07, 6.45) is -5.30. The van der Waals surface area contributed by atoms with Gasteiger partial charge >= 0.3 is 5.69 Å². The maximum atomic E-state index is 17.6. The van der Waals surface area contributed by atoms with Crippen LogP contribution < -0.4 is 20.7 Å². The molecule has 2 fully saturated rings. The Morgan fingerprint density at radius 1 is 0.758 bits per heavy atom. The van der Waals surface area contributed by atoms with Gasteiger partial charge in [-0.25, -0.2) is 13.9 Å². The van der Waals surface area contributed by atoms with Gasteiger partial charge < -0.3 is 46.9 Å². The van der Waals surface area contributed by atoms with Crippen molar-refractivity contribution in [2.24, 2.45) is 0 Å². The van der Waals surface area contributed by atoms with Gasteiger partial charge in [0.1, 0.15) is 35.4 Å². The molecule has 0 spiro atoms. The lowest BCUT2D eigenvalue weighted by Gasteiger charge is -2.41. The normalized spacial score (nSPS) is 21.7. The van der Waals surface area contributed by atoms with Gasteiger partial charge in [0.15, 0.2) is 12.4 Å². The van der Waals surface area contributed by atoms with E-state index in [-0.39, 0.29) is 24.8 Å². The van der Waals surface area contributed by atoms with E-state index in [4.69, 9.17) is 46.9 Å². The monoisotopic (exact) mass is 975 g/mol. The predicted octanol–water partition coefficient (Wildman–Crippen LogP) is 7.37. The molecule has 15 nitrogen and oxygen atoms in total. The number of methoxy groups -OCH3 is 3. The Morgan fingerprint density at radius 2 is 1.32 bits per heavy atom. The zero-order chi connectivity index (χ0) is 47.1. The summed E-state index contributed by atoms with van der Waals surface area (Å²) in [5.74, 6) is 2.57. The fourth-order valence-corrected chi connectivity index (χ4v) is 12.3. The molecule has 1 N–H and O–H groups in total. The Hall–Kier alpha value is -3.36. The first-order valence-electron chi connectivity index (χ1n) is 22.0. The number of nitrogens with one attached hydrogen (secondary N) is 1. The maximum absolute atomic E-state index is 17.6. The summed E-state index contributed by atoms with van der Waals surface area (Å²) in [6.45, 7) is 10.6. The van der Waals surface area contributed by atoms with Crippen LogP contribution in [0.3, 0.4) is 0 Å². The molecule has 3 unspecified atom stereocenters. The third-order valence-corrected chi connectivity index (χ3v) is 15.6. The van der Waals surface area contributed by atoms with E-state index in [1.54, 1.807) is 42.9 Å². The highest BCUT2D eigenvalue weighted by molar-refractivity contribution is 8.76. The quantitative estimate of drug-likeness (QED) is 0.0289. The third kappa shape index (κ3) is 13.2. The molecule has 0 amide bonds. The molecule has 7 atom stereocenters. The van der Waals surface area contributed by atoms with Crippen molar-refractivity contribution in [2.75, 3.05) is 79.1 Å². The molecule has 362 valence electrons. The number of aromatic amines is 1. The first-order chi connectivity index (χ1) is 32.0. The minimum absolute atomic E-state index is 0.0795. The van der Waals surface area contributed by atoms with Crippen LogP contribution in [0.15, 0.2) is 101 Å². The lowest BCUT2D eigenvalue weighted by molar-refractivity contribution is -0.0945. The molecular weight excluding hydrogens is 913 g/mol. The van der Waals surface area contributed by atoms with Crippen molar-refractivity contribution in [2.45, 2.75) is 82.2 Å². The molecule has 3 heterocycles. The van der Waals surface area contributed by atoms with Gasteiger partial charge in [-0.15, -0.1) is 0 Å². The number of hydrogen-bond donors (Lipinski definition) is 1. The second-order valence-electron chi connectivity index (χ2n) is 16.1. The van der Waals surface area contributed by atoms with Gasteiger partial charge in [0, 0.05) is 43.0 Å². The number of halogens is 1. The van der Waals surface area contributed by atoms with Crippen LogP contribution in [-0.4, -0.2) is 136 Å². The van der Waals surface area contributed by atoms with E-state index in [0.29, 0.717) is 62.6 Å². The minimum atomic E-state index is -2.01. The molecule has 19 heteroatoms. The van der Waals surface area contributed by atoms with Crippen molar-refractivity contribution in [1.29, 1.82) is 0 Å². The summed E-state index contributed by atoms with van der Waals surface area (Å²) in [5, 5.41) is 0. The highest BCUT2D eigenvalue weighted by Crippen LogP contribution is 2.53. The smallest absolute Gasteiger partial charge is 0.330 e. The molecule has 2 saturated heterocycles. The van der Waals surface area contributed by atoms with Gasteiger partial charge in [-0.2, -0.15) is 0 Å². The zero-order valence-electron chi connectivity index (χ0n) is 38.6. The number of nitrogens with zero attached hydrogens (tertiary/aromatic N) is 2. The summed E-state index contributed by atoms with van der Waals surface area (Å²) < 4.78 is 82.2. The van der Waals surface area contributed by atoms with Crippen LogP contribution in [0.25, 0.3) is 0 Å². The lowest BCUT2D eigenvalue weighted by Crippen LogP contribution is -2.44. The van der Waals surface area contributed by atoms with E-state index < -0.39 is 56.1 Å². The third-order valence-electron chi connectivity index (χ3n) is 11.0. The van der Waals surface area contributed by atoms with E-state index in [1.165, 1.54) is 6.20 Å². The Morgan fingerprint density at radius 3 is 1.88 bits per heavy atom. The van der Waals surface area contributed by atoms with E-state index in [2.05, 4.69) is 9.65 Å². The first kappa shape index (κ1) is 52.0. The second-order valence-corrected chi connectivity index (χ2v) is 20.0. The van der Waals surface area contributed by atoms with Gasteiger partial charge in [0.25, 0.3) is 14.1 Å². The second kappa shape index (κ2) is 25.8. The SMILES string of the molecule is COCCOCCOCCO[C@@H]1CSSC[C@H]1OP(O[C@@H]1C(COC(c2ccccc2)(c2ccc(OC)cc2)c2ccc(OC)cc2)OC(n2ccc(=O)[nH]c2=O)[C@@H]1F)N(C(C)C)C(C)C. The van der Waals surface area contributed by atoms with Gasteiger partial charge in [0.2, 0.25) is 0 Å². The van der Waals surface area contributed by atoms with E-state index in [9.17, 15) is 9.59 Å². The molecule has 66 heavy (non-hydrogen) atoms. The van der Waals surface area contributed by atoms with Crippen molar-refractivity contribution >= 4 is 30.1 Å². The Bertz CT molecular complexity index is 2100. The van der Waals surface area contributed by atoms with Crippen molar-refractivity contribution in [1.82, 2.24) is 14.2 Å². The maximum Gasteiger partial charge on any atom is 0.330 e. The van der Waals surface area contributed by atoms with Crippen molar-refractivity contribution in [3.8, 4) is 11.5 Å². The van der Waals surface area contributed by atoms with E-state index >= 15 is 4.39 Å². The number of H-pyrrole nitrogens is 1. The standard InChI is InChI=1S/C47H63FN3O12PS2/c1-32(2)51(33(3)4)64(62-41-31-66-65-30-40(41)59-28-27-58-26-25-57-24-23-54-5)63-44-39(61-45(43(44)48)50-22-21-42(52)49-46(50)53)29-60-47(34-11-9-8-10-12-34,35-13-17-37(55-6)18-14-35)36-15-19-38(56-7)20-16-36/h8-22,32-33,39-41,43-45H,23-31H2,1-7H3,(H,49,52,53)/t39?,40-,41-,43-,44-,45?,64?/m1/s1. The molecule has 0 bridgehead atoms. The van der Waals surface area contributed by atoms with Gasteiger partial charge in [-0.05, 0) is 68.7 Å². The van der Waals surface area contributed by atoms with E-state index in [0.717, 1.165) is 27.3 Å². The van der Waals surface area contributed by atoms with Crippen LogP contribution in [0, 0.1) is 0 Å². The van der Waals surface area contributed by atoms with Crippen molar-refractivity contribution < 1.29 is 51.3 Å². The Balaban J connectivity index is 1.34. The minimum Gasteiger partial charge on any atom is -0.497 e. The first-order valence-corrected chi connectivity index (χ1v) is 25.6. The summed E-state index contributed by atoms with van der Waals surface area (Å²) in [4.78, 5) is 27.7. The summed E-state index contributed by atoms with van der Waals surface area (Å²) in [6, 6.07) is 25.9. The molecule has 4 aromatic rings. The average Bonchev–Trinajstić information content (AvgIpc) is 3.62. The Kier molecular flexibility index (Phi) is 20.4. The van der Waals surface area contributed by atoms with Crippen LogP contribution in [0.4, 0.5) is 4.39 Å². The number of ether oxygens (including phenoxy) is 8. The van der Waals surface area contributed by atoms with Crippen LogP contribution in [0.1, 0.15) is 50.6 Å². The number of alkyl halides is 1. The number of rotatable bonds is 26. The fourth-order valence-electron chi connectivity index (χ4n) is 7.84. The molecule has 0 aliphatic carbocycles. The fraction of sp³-hybridized carbons (Fsp3) is 0.532. The topological polar surface area (TPSA) is 150 Å². The largest absolute Gasteiger partial charge is 0.497 e. The Labute approximate surface area is 395 Å². The highest BCUT2D eigenvalue weighted by Gasteiger charge is 2.52. The van der Waals surface area contributed by atoms with Gasteiger partial charge in [0.05, 0.1) is 66.6 Å². The zero-order valence-corrected chi connectivity index (χ0v) is 41.1. The number of benzene rings is 3. The average molecular weight is 976 g/mol. The van der Waals surface area contributed by atoms with Crippen molar-refractivity contribution in [3.63, 3.8) is 0 Å². The molecule has 2 aliphatic heterocycles. The molecule has 1 aromatic heterocycles. The van der Waals surface area contributed by atoms with Gasteiger partial charge in [-0.1, -0.05) is 76.2 Å². The van der Waals surface area contributed by atoms with E-state index in [1.807, 2.05) is 107 Å². The summed E-state index contributed by atoms with van der Waals surface area (Å²) >= 11 is 0. The van der Waals surface area contributed by atoms with Crippen LogP contribution in [-0.2, 0) is 43.1 Å². The van der Waals surface area contributed by atoms with Gasteiger partial charge in [-0.3, -0.25) is 14.3 Å². The molecule has 0 saturated carbocycles. The molecular formula is C47H63FN3O12PS2. The van der Waals surface area contributed by atoms with Crippen LogP contribution >= 0.6 is 30.1 Å². The van der Waals surface area contributed by atoms with Crippen LogP contribution in [0.2, 0.25) is 0 Å². The number of aromatic nitrogens is 2. The lowest BCUT2D eigenvalue weighted by atomic mass is 9.80. The highest BCUT2D eigenvalue weighted by atomic mass is 33.1. The number of hydrogen-bond acceptors (Lipinski definition) is 15. The summed E-state index contributed by atoms with van der Waals surface area (Å²) in [7, 11) is 6.20. The van der Waals surface area contributed by atoms with Crippen molar-refractivity contribution in [3.05, 3.63) is 129 Å².